The van der Waals surface area contributed by atoms with Gasteiger partial charge in [0.25, 0.3) is 0 Å². The number of fused-ring (bicyclic) bond motifs is 1. The van der Waals surface area contributed by atoms with Crippen LogP contribution in [0.2, 0.25) is 0 Å². The van der Waals surface area contributed by atoms with Gasteiger partial charge in [-0.2, -0.15) is 9.89 Å². The number of pyridine rings is 1. The van der Waals surface area contributed by atoms with Gasteiger partial charge < -0.3 is 11.2 Å². The van der Waals surface area contributed by atoms with Crippen molar-refractivity contribution in [3.8, 4) is 11.3 Å². The second-order valence-corrected chi connectivity index (χ2v) is 6.98. The van der Waals surface area contributed by atoms with Gasteiger partial charge in [-0.25, -0.2) is 0 Å². The highest BCUT2D eigenvalue weighted by Crippen LogP contribution is 2.38. The third kappa shape index (κ3) is 3.03. The first-order valence-corrected chi connectivity index (χ1v) is 9.14. The molecule has 0 spiro atoms. The van der Waals surface area contributed by atoms with Gasteiger partial charge in [-0.1, -0.05) is 31.4 Å². The Balaban J connectivity index is 1.86. The van der Waals surface area contributed by atoms with Crippen LogP contribution in [0.1, 0.15) is 50.6 Å². The fraction of sp³-hybridized carbons (Fsp3) is 0.350. The van der Waals surface area contributed by atoms with Crippen LogP contribution >= 0.6 is 0 Å². The smallest absolute Gasteiger partial charge is 0.221 e. The molecule has 1 fully saturated rings. The van der Waals surface area contributed by atoms with E-state index in [1.54, 1.807) is 0 Å². The number of anilines is 1. The van der Waals surface area contributed by atoms with Crippen LogP contribution in [0.5, 0.6) is 0 Å². The van der Waals surface area contributed by atoms with Crippen LogP contribution < -0.4 is 11.2 Å². The Labute approximate surface area is 152 Å². The van der Waals surface area contributed by atoms with Crippen molar-refractivity contribution in [1.82, 2.24) is 14.9 Å². The predicted molar refractivity (Wildman–Crippen MR) is 103 cm³/mol. The van der Waals surface area contributed by atoms with E-state index in [9.17, 15) is 4.79 Å². The van der Waals surface area contributed by atoms with Crippen molar-refractivity contribution in [3.05, 3.63) is 42.2 Å². The molecule has 134 valence electrons. The first kappa shape index (κ1) is 16.6. The Bertz CT molecular complexity index is 956. The van der Waals surface area contributed by atoms with E-state index in [1.165, 1.54) is 31.0 Å². The maximum Gasteiger partial charge on any atom is 0.221 e. The highest BCUT2D eigenvalue weighted by molar-refractivity contribution is 5.96. The van der Waals surface area contributed by atoms with E-state index >= 15 is 0 Å². The van der Waals surface area contributed by atoms with E-state index in [4.69, 9.17) is 10.8 Å². The van der Waals surface area contributed by atoms with Crippen molar-refractivity contribution in [2.45, 2.75) is 44.9 Å². The monoisotopic (exact) mass is 349 g/mol. The fourth-order valence-corrected chi connectivity index (χ4v) is 3.95. The minimum atomic E-state index is -0.0964. The number of aromatic nitrogens is 3. The van der Waals surface area contributed by atoms with Crippen molar-refractivity contribution in [2.75, 3.05) is 11.2 Å². The average molecular weight is 349 g/mol. The Morgan fingerprint density at radius 1 is 1.23 bits per heavy atom. The van der Waals surface area contributed by atoms with E-state index in [0.29, 0.717) is 5.92 Å². The van der Waals surface area contributed by atoms with Crippen LogP contribution in [0.25, 0.3) is 22.2 Å². The summed E-state index contributed by atoms with van der Waals surface area (Å²) >= 11 is 0. The summed E-state index contributed by atoms with van der Waals surface area (Å²) in [4.78, 5) is 17.5. The van der Waals surface area contributed by atoms with Gasteiger partial charge in [-0.3, -0.25) is 9.78 Å². The Hall–Kier alpha value is -2.89. The molecule has 0 radical (unpaired) electrons. The lowest BCUT2D eigenvalue weighted by Crippen LogP contribution is -2.10. The molecule has 0 saturated heterocycles. The van der Waals surface area contributed by atoms with Gasteiger partial charge in [0, 0.05) is 30.3 Å². The molecule has 1 saturated carbocycles. The molecule has 1 amide bonds. The molecule has 2 aromatic heterocycles. The molecular weight excluding hydrogens is 326 g/mol. The molecule has 26 heavy (non-hydrogen) atoms. The van der Waals surface area contributed by atoms with Gasteiger partial charge in [0.1, 0.15) is 5.69 Å². The molecule has 0 unspecified atom stereocenters. The number of hydrogen-bond acceptors (Lipinski definition) is 4. The van der Waals surface area contributed by atoms with Crippen LogP contribution in [0.15, 0.2) is 36.5 Å². The Morgan fingerprint density at radius 2 is 2.04 bits per heavy atom. The molecule has 1 aliphatic carbocycles. The maximum absolute atomic E-state index is 11.4. The summed E-state index contributed by atoms with van der Waals surface area (Å²) < 4.78 is 0. The second kappa shape index (κ2) is 6.78. The second-order valence-electron chi connectivity index (χ2n) is 6.98. The zero-order valence-electron chi connectivity index (χ0n) is 14.9. The standard InChI is InChI=1S/C20H23N5O/c1-13(26)23-16-9-5-8-15(12-16)20-18-17(25(21)24-20)10-11-22-19(18)14-6-3-2-4-7-14/h5,8-12,14H,2-4,6-7,21H2,1H3,(H,23,26). The van der Waals surface area contributed by atoms with Crippen LogP contribution in [0.3, 0.4) is 0 Å². The number of nitrogen functional groups attached to an aromatic ring is 1. The minimum absolute atomic E-state index is 0.0964. The largest absolute Gasteiger partial charge is 0.326 e. The summed E-state index contributed by atoms with van der Waals surface area (Å²) in [5, 5.41) is 8.43. The number of nitrogens with two attached hydrogens (primary N) is 1. The van der Waals surface area contributed by atoms with Gasteiger partial charge in [-0.05, 0) is 31.0 Å². The first-order valence-electron chi connectivity index (χ1n) is 9.14. The SMILES string of the molecule is CC(=O)Nc1cccc(-c2nn(N)c3ccnc(C4CCCCC4)c23)c1. The van der Waals surface area contributed by atoms with Crippen molar-refractivity contribution in [3.63, 3.8) is 0 Å². The quantitative estimate of drug-likeness (QED) is 0.704. The number of carbonyl (C=O) groups excluding carboxylic acids is 1. The molecule has 0 aliphatic heterocycles. The van der Waals surface area contributed by atoms with Crippen LogP contribution in [-0.4, -0.2) is 20.8 Å². The Kier molecular flexibility index (Phi) is 4.32. The third-order valence-corrected chi connectivity index (χ3v) is 5.10. The molecule has 2 heterocycles. The predicted octanol–water partition coefficient (Wildman–Crippen LogP) is 3.82. The summed E-state index contributed by atoms with van der Waals surface area (Å²) in [5.74, 6) is 6.50. The number of nitrogens with zero attached hydrogens (tertiary/aromatic N) is 3. The van der Waals surface area contributed by atoms with E-state index in [1.807, 2.05) is 36.5 Å². The topological polar surface area (TPSA) is 85.8 Å². The summed E-state index contributed by atoms with van der Waals surface area (Å²) in [6.07, 6.45) is 7.93. The van der Waals surface area contributed by atoms with Crippen LogP contribution in [-0.2, 0) is 4.79 Å². The lowest BCUT2D eigenvalue weighted by Gasteiger charge is -2.21. The molecular formula is C20H23N5O. The average Bonchev–Trinajstić information content (AvgIpc) is 2.99. The van der Waals surface area contributed by atoms with Gasteiger partial charge >= 0.3 is 0 Å². The number of carbonyl (C=O) groups is 1. The molecule has 6 heteroatoms. The van der Waals surface area contributed by atoms with Gasteiger partial charge in [0.15, 0.2) is 0 Å². The number of amides is 1. The zero-order chi connectivity index (χ0) is 18.1. The van der Waals surface area contributed by atoms with Crippen molar-refractivity contribution in [2.24, 2.45) is 0 Å². The maximum atomic E-state index is 11.4. The highest BCUT2D eigenvalue weighted by atomic mass is 16.1. The lowest BCUT2D eigenvalue weighted by atomic mass is 9.85. The summed E-state index contributed by atoms with van der Waals surface area (Å²) in [5.41, 5.74) is 4.48. The van der Waals surface area contributed by atoms with E-state index < -0.39 is 0 Å². The molecule has 6 nitrogen and oxygen atoms in total. The fourth-order valence-electron chi connectivity index (χ4n) is 3.95. The summed E-state index contributed by atoms with van der Waals surface area (Å²) in [6.45, 7) is 1.50. The van der Waals surface area contributed by atoms with Crippen molar-refractivity contribution >= 4 is 22.5 Å². The highest BCUT2D eigenvalue weighted by Gasteiger charge is 2.23. The van der Waals surface area contributed by atoms with E-state index in [0.717, 1.165) is 46.4 Å². The normalized spacial score (nSPS) is 15.3. The number of nitrogens with one attached hydrogen (secondary N) is 1. The third-order valence-electron chi connectivity index (χ3n) is 5.10. The van der Waals surface area contributed by atoms with E-state index in [2.05, 4.69) is 10.4 Å². The van der Waals surface area contributed by atoms with Gasteiger partial charge in [-0.15, -0.1) is 0 Å². The zero-order valence-corrected chi connectivity index (χ0v) is 14.9. The number of rotatable bonds is 3. The molecule has 3 aromatic rings. The number of hydrogen-bond donors (Lipinski definition) is 2. The van der Waals surface area contributed by atoms with Crippen LogP contribution in [0, 0.1) is 0 Å². The lowest BCUT2D eigenvalue weighted by molar-refractivity contribution is -0.114. The molecule has 3 N–H and O–H groups in total. The van der Waals surface area contributed by atoms with Crippen molar-refractivity contribution in [1.29, 1.82) is 0 Å². The summed E-state index contributed by atoms with van der Waals surface area (Å²) in [6, 6.07) is 9.62. The molecule has 1 aromatic carbocycles. The van der Waals surface area contributed by atoms with Gasteiger partial charge in [0.2, 0.25) is 5.91 Å². The first-order chi connectivity index (χ1) is 12.6. The number of benzene rings is 1. The summed E-state index contributed by atoms with van der Waals surface area (Å²) in [7, 11) is 0. The molecule has 0 bridgehead atoms. The van der Waals surface area contributed by atoms with E-state index in [-0.39, 0.29) is 5.91 Å². The minimum Gasteiger partial charge on any atom is -0.326 e. The Morgan fingerprint density at radius 3 is 2.81 bits per heavy atom. The molecule has 0 atom stereocenters. The van der Waals surface area contributed by atoms with Crippen molar-refractivity contribution < 1.29 is 4.79 Å². The van der Waals surface area contributed by atoms with Crippen LogP contribution in [0.4, 0.5) is 5.69 Å². The molecule has 1 aliphatic rings. The van der Waals surface area contributed by atoms with Gasteiger partial charge in [0.05, 0.1) is 16.6 Å². The molecule has 4 rings (SSSR count).